The molecule has 0 amide bonds. The van der Waals surface area contributed by atoms with Gasteiger partial charge in [-0.05, 0) is 58.2 Å². The van der Waals surface area contributed by atoms with Crippen molar-refractivity contribution in [3.05, 3.63) is 63.1 Å². The standard InChI is InChI=1S/C19H11BrF4N4O/c20-13-7-10(1-3-14(13)21)18-26-16(27-29-18)9-28-6-5-12-15(28)4-2-11(8-25)17(12)19(22,23)24/h1-4,7H,5-6,9H2. The Balaban J connectivity index is 1.62. The van der Waals surface area contributed by atoms with E-state index in [1.165, 1.54) is 30.3 Å². The minimum absolute atomic E-state index is 0.0998. The van der Waals surface area contributed by atoms with Crippen LogP contribution >= 0.6 is 15.9 Å². The van der Waals surface area contributed by atoms with Crippen molar-refractivity contribution in [1.82, 2.24) is 10.1 Å². The van der Waals surface area contributed by atoms with Gasteiger partial charge < -0.3 is 9.42 Å². The third-order valence-electron chi connectivity index (χ3n) is 4.63. The van der Waals surface area contributed by atoms with Crippen molar-refractivity contribution in [1.29, 1.82) is 5.26 Å². The number of nitrogens with zero attached hydrogens (tertiary/aromatic N) is 4. The number of anilines is 1. The Morgan fingerprint density at radius 1 is 1.24 bits per heavy atom. The third kappa shape index (κ3) is 3.58. The molecular formula is C19H11BrF4N4O. The predicted molar refractivity (Wildman–Crippen MR) is 98.3 cm³/mol. The van der Waals surface area contributed by atoms with Gasteiger partial charge in [0, 0.05) is 17.8 Å². The van der Waals surface area contributed by atoms with Crippen LogP contribution in [0.2, 0.25) is 0 Å². The van der Waals surface area contributed by atoms with E-state index < -0.39 is 17.6 Å². The first kappa shape index (κ1) is 19.4. The second-order valence-electron chi connectivity index (χ2n) is 6.41. The lowest BCUT2D eigenvalue weighted by molar-refractivity contribution is -0.138. The number of alkyl halides is 3. The molecule has 0 unspecified atom stereocenters. The summed E-state index contributed by atoms with van der Waals surface area (Å²) < 4.78 is 59.2. The van der Waals surface area contributed by atoms with E-state index in [0.717, 1.165) is 0 Å². The Morgan fingerprint density at radius 2 is 2.03 bits per heavy atom. The van der Waals surface area contributed by atoms with Crippen LogP contribution in [0.5, 0.6) is 0 Å². The van der Waals surface area contributed by atoms with Gasteiger partial charge in [-0.1, -0.05) is 5.16 Å². The van der Waals surface area contributed by atoms with Gasteiger partial charge in [0.25, 0.3) is 5.89 Å². The Labute approximate surface area is 170 Å². The number of nitriles is 1. The second-order valence-corrected chi connectivity index (χ2v) is 7.27. The smallest absolute Gasteiger partial charge is 0.363 e. The maximum absolute atomic E-state index is 13.5. The van der Waals surface area contributed by atoms with Gasteiger partial charge in [0.1, 0.15) is 5.82 Å². The van der Waals surface area contributed by atoms with Crippen molar-refractivity contribution in [2.24, 2.45) is 0 Å². The summed E-state index contributed by atoms with van der Waals surface area (Å²) in [6.07, 6.45) is -4.45. The second kappa shape index (κ2) is 7.15. The summed E-state index contributed by atoms with van der Waals surface area (Å²) in [7, 11) is 0. The molecular weight excluding hydrogens is 456 g/mol. The Kier molecular flexibility index (Phi) is 4.78. The summed E-state index contributed by atoms with van der Waals surface area (Å²) in [5.41, 5.74) is -0.265. The van der Waals surface area contributed by atoms with E-state index >= 15 is 0 Å². The number of hydrogen-bond acceptors (Lipinski definition) is 5. The molecule has 0 radical (unpaired) electrons. The van der Waals surface area contributed by atoms with Crippen molar-refractivity contribution in [2.75, 3.05) is 11.4 Å². The first-order valence-corrected chi connectivity index (χ1v) is 9.23. The highest BCUT2D eigenvalue weighted by molar-refractivity contribution is 9.10. The van der Waals surface area contributed by atoms with Gasteiger partial charge in [-0.2, -0.15) is 23.4 Å². The van der Waals surface area contributed by atoms with E-state index in [9.17, 15) is 17.6 Å². The summed E-state index contributed by atoms with van der Waals surface area (Å²) in [5, 5.41) is 12.9. The molecule has 0 saturated carbocycles. The van der Waals surface area contributed by atoms with Crippen LogP contribution in [0.15, 0.2) is 39.3 Å². The van der Waals surface area contributed by atoms with E-state index in [-0.39, 0.29) is 40.3 Å². The summed E-state index contributed by atoms with van der Waals surface area (Å²) in [6.45, 7) is 0.474. The molecule has 0 aliphatic carbocycles. The Hall–Kier alpha value is -2.93. The highest BCUT2D eigenvalue weighted by atomic mass is 79.9. The molecule has 0 spiro atoms. The molecule has 0 saturated heterocycles. The van der Waals surface area contributed by atoms with E-state index in [4.69, 9.17) is 9.78 Å². The normalized spacial score (nSPS) is 13.4. The van der Waals surface area contributed by atoms with Crippen LogP contribution in [0.25, 0.3) is 11.5 Å². The predicted octanol–water partition coefficient (Wildman–Crippen LogP) is 5.09. The summed E-state index contributed by atoms with van der Waals surface area (Å²) in [4.78, 5) is 5.96. The average Bonchev–Trinajstić information content (AvgIpc) is 3.30. The largest absolute Gasteiger partial charge is 0.418 e. The van der Waals surface area contributed by atoms with Gasteiger partial charge in [0.2, 0.25) is 0 Å². The summed E-state index contributed by atoms with van der Waals surface area (Å²) >= 11 is 3.09. The van der Waals surface area contributed by atoms with Gasteiger partial charge >= 0.3 is 6.18 Å². The topological polar surface area (TPSA) is 66.0 Å². The van der Waals surface area contributed by atoms with Crippen LogP contribution in [0.4, 0.5) is 23.2 Å². The van der Waals surface area contributed by atoms with E-state index in [0.29, 0.717) is 17.8 Å². The molecule has 0 N–H and O–H groups in total. The van der Waals surface area contributed by atoms with Gasteiger partial charge in [-0.3, -0.25) is 0 Å². The van der Waals surface area contributed by atoms with Gasteiger partial charge in [-0.15, -0.1) is 0 Å². The highest BCUT2D eigenvalue weighted by Gasteiger charge is 2.39. The van der Waals surface area contributed by atoms with Crippen LogP contribution in [-0.2, 0) is 19.1 Å². The lowest BCUT2D eigenvalue weighted by Crippen LogP contribution is -2.20. The Bertz CT molecular complexity index is 1140. The molecule has 0 atom stereocenters. The van der Waals surface area contributed by atoms with Crippen LogP contribution in [0, 0.1) is 17.1 Å². The fourth-order valence-corrected chi connectivity index (χ4v) is 3.75. The molecule has 3 aromatic rings. The van der Waals surface area contributed by atoms with Crippen molar-refractivity contribution in [3.63, 3.8) is 0 Å². The summed E-state index contributed by atoms with van der Waals surface area (Å²) in [6, 6.07) is 8.54. The molecule has 148 valence electrons. The van der Waals surface area contributed by atoms with Gasteiger partial charge in [-0.25, -0.2) is 4.39 Å². The molecule has 1 aromatic heterocycles. The maximum Gasteiger partial charge on any atom is 0.418 e. The van der Waals surface area contributed by atoms with Crippen molar-refractivity contribution in [2.45, 2.75) is 19.1 Å². The Morgan fingerprint density at radius 3 is 2.72 bits per heavy atom. The average molecular weight is 467 g/mol. The molecule has 4 rings (SSSR count). The minimum Gasteiger partial charge on any atom is -0.363 e. The van der Waals surface area contributed by atoms with E-state index in [2.05, 4.69) is 26.1 Å². The van der Waals surface area contributed by atoms with Crippen molar-refractivity contribution < 1.29 is 22.1 Å². The molecule has 2 aromatic carbocycles. The van der Waals surface area contributed by atoms with Gasteiger partial charge in [0.05, 0.1) is 28.2 Å². The quantitative estimate of drug-likeness (QED) is 0.502. The number of aromatic nitrogens is 2. The number of benzene rings is 2. The van der Waals surface area contributed by atoms with Crippen LogP contribution in [-0.4, -0.2) is 16.7 Å². The molecule has 0 fully saturated rings. The molecule has 5 nitrogen and oxygen atoms in total. The zero-order chi connectivity index (χ0) is 20.8. The SMILES string of the molecule is N#Cc1ccc2c(c1C(F)(F)F)CCN2Cc1noc(-c2ccc(F)c(Br)c2)n1. The zero-order valence-electron chi connectivity index (χ0n) is 14.6. The number of hydrogen-bond donors (Lipinski definition) is 0. The fourth-order valence-electron chi connectivity index (χ4n) is 3.37. The van der Waals surface area contributed by atoms with Gasteiger partial charge in [0.15, 0.2) is 5.82 Å². The lowest BCUT2D eigenvalue weighted by atomic mass is 9.99. The van der Waals surface area contributed by atoms with E-state index in [1.807, 2.05) is 0 Å². The van der Waals surface area contributed by atoms with Crippen molar-refractivity contribution >= 4 is 21.6 Å². The molecule has 29 heavy (non-hydrogen) atoms. The molecule has 10 heteroatoms. The summed E-state index contributed by atoms with van der Waals surface area (Å²) in [5.74, 6) is 0.0292. The first-order valence-electron chi connectivity index (χ1n) is 8.44. The maximum atomic E-state index is 13.5. The van der Waals surface area contributed by atoms with Crippen LogP contribution in [0.1, 0.15) is 22.5 Å². The molecule has 0 bridgehead atoms. The fraction of sp³-hybridized carbons (Fsp3) is 0.211. The monoisotopic (exact) mass is 466 g/mol. The number of rotatable bonds is 3. The van der Waals surface area contributed by atoms with Crippen LogP contribution in [0.3, 0.4) is 0 Å². The minimum atomic E-state index is -4.61. The molecule has 2 heterocycles. The molecule has 1 aliphatic heterocycles. The van der Waals surface area contributed by atoms with Crippen molar-refractivity contribution in [3.8, 4) is 17.5 Å². The van der Waals surface area contributed by atoms with Crippen LogP contribution < -0.4 is 4.90 Å². The molecule has 1 aliphatic rings. The first-order chi connectivity index (χ1) is 13.8. The zero-order valence-corrected chi connectivity index (χ0v) is 16.2. The number of fused-ring (bicyclic) bond motifs is 1. The lowest BCUT2D eigenvalue weighted by Gasteiger charge is -2.19. The van der Waals surface area contributed by atoms with E-state index in [1.54, 1.807) is 11.0 Å². The third-order valence-corrected chi connectivity index (χ3v) is 5.24. The number of halogens is 5. The highest BCUT2D eigenvalue weighted by Crippen LogP contribution is 2.42.